The van der Waals surface area contributed by atoms with Gasteiger partial charge in [0.2, 0.25) is 0 Å². The zero-order valence-corrected chi connectivity index (χ0v) is 23.8. The normalized spacial score (nSPS) is 13.7. The molecule has 0 radical (unpaired) electrons. The topological polar surface area (TPSA) is 79.2 Å². The summed E-state index contributed by atoms with van der Waals surface area (Å²) < 4.78 is 62.8. The van der Waals surface area contributed by atoms with E-state index in [4.69, 9.17) is 18.9 Å². The zero-order valence-electron chi connectivity index (χ0n) is 23.8. The third-order valence-corrected chi connectivity index (χ3v) is 7.03. The highest BCUT2D eigenvalue weighted by Gasteiger charge is 2.30. The lowest BCUT2D eigenvalue weighted by Crippen LogP contribution is -2.36. The average Bonchev–Trinajstić information content (AvgIpc) is 3.30. The van der Waals surface area contributed by atoms with E-state index in [0.717, 1.165) is 30.9 Å². The third-order valence-electron chi connectivity index (χ3n) is 7.03. The predicted molar refractivity (Wildman–Crippen MR) is 154 cm³/mol. The SMILES string of the molecule is CCOC(=O)Cc1c(C(=O)OCC)c2cc(Oc3ccc(C(F)(F)F)cc3)ccc2n1-c1ccc(N2CCOCC2)cc1. The second kappa shape index (κ2) is 12.8. The first-order chi connectivity index (χ1) is 20.7. The monoisotopic (exact) mass is 596 g/mol. The van der Waals surface area contributed by atoms with Crippen molar-refractivity contribution in [2.75, 3.05) is 44.4 Å². The summed E-state index contributed by atoms with van der Waals surface area (Å²) in [6.07, 6.45) is -4.67. The summed E-state index contributed by atoms with van der Waals surface area (Å²) >= 11 is 0. The average molecular weight is 597 g/mol. The van der Waals surface area contributed by atoms with Gasteiger partial charge in [0, 0.05) is 35.5 Å². The second-order valence-electron chi connectivity index (χ2n) is 9.78. The first-order valence-electron chi connectivity index (χ1n) is 14.0. The molecule has 0 spiro atoms. The number of rotatable bonds is 9. The minimum atomic E-state index is -4.47. The molecule has 1 saturated heterocycles. The van der Waals surface area contributed by atoms with Crippen molar-refractivity contribution in [2.24, 2.45) is 0 Å². The number of aromatic nitrogens is 1. The van der Waals surface area contributed by atoms with Crippen LogP contribution in [0.3, 0.4) is 0 Å². The largest absolute Gasteiger partial charge is 0.466 e. The fourth-order valence-corrected chi connectivity index (χ4v) is 5.11. The van der Waals surface area contributed by atoms with Crippen molar-refractivity contribution < 1.29 is 41.7 Å². The van der Waals surface area contributed by atoms with Gasteiger partial charge < -0.3 is 28.4 Å². The van der Waals surface area contributed by atoms with Crippen LogP contribution in [0.5, 0.6) is 11.5 Å². The van der Waals surface area contributed by atoms with Gasteiger partial charge in [0.25, 0.3) is 0 Å². The number of morpholine rings is 1. The number of ether oxygens (including phenoxy) is 4. The Bertz CT molecular complexity index is 1590. The van der Waals surface area contributed by atoms with Crippen molar-refractivity contribution in [3.05, 3.63) is 83.6 Å². The first kappa shape index (κ1) is 30.0. The summed E-state index contributed by atoms with van der Waals surface area (Å²) in [6, 6.07) is 17.1. The number of benzene rings is 3. The molecule has 226 valence electrons. The zero-order chi connectivity index (χ0) is 30.6. The van der Waals surface area contributed by atoms with Crippen LogP contribution in [-0.2, 0) is 31.6 Å². The molecule has 8 nitrogen and oxygen atoms in total. The summed E-state index contributed by atoms with van der Waals surface area (Å²) in [6.45, 7) is 6.51. The van der Waals surface area contributed by atoms with Gasteiger partial charge in [-0.3, -0.25) is 4.79 Å². The minimum Gasteiger partial charge on any atom is -0.466 e. The third kappa shape index (κ3) is 6.61. The predicted octanol–water partition coefficient (Wildman–Crippen LogP) is 6.56. The van der Waals surface area contributed by atoms with Gasteiger partial charge in [-0.15, -0.1) is 0 Å². The van der Waals surface area contributed by atoms with Gasteiger partial charge in [-0.1, -0.05) is 0 Å². The molecule has 0 unspecified atom stereocenters. The molecule has 1 fully saturated rings. The molecule has 2 heterocycles. The quantitative estimate of drug-likeness (QED) is 0.203. The van der Waals surface area contributed by atoms with E-state index in [0.29, 0.717) is 41.2 Å². The van der Waals surface area contributed by atoms with Crippen molar-refractivity contribution >= 4 is 28.5 Å². The van der Waals surface area contributed by atoms with Gasteiger partial charge in [-0.05, 0) is 80.6 Å². The maximum Gasteiger partial charge on any atom is 0.416 e. The van der Waals surface area contributed by atoms with Crippen LogP contribution in [0.4, 0.5) is 18.9 Å². The van der Waals surface area contributed by atoms with E-state index in [-0.39, 0.29) is 30.9 Å². The molecule has 0 saturated carbocycles. The molecule has 11 heteroatoms. The number of halogens is 3. The molecule has 1 aliphatic heterocycles. The van der Waals surface area contributed by atoms with Crippen LogP contribution in [0.25, 0.3) is 16.6 Å². The first-order valence-corrected chi connectivity index (χ1v) is 14.0. The van der Waals surface area contributed by atoms with E-state index in [2.05, 4.69) is 4.90 Å². The number of fused-ring (bicyclic) bond motifs is 1. The van der Waals surface area contributed by atoms with Gasteiger partial charge in [-0.25, -0.2) is 4.79 Å². The van der Waals surface area contributed by atoms with Crippen molar-refractivity contribution in [2.45, 2.75) is 26.4 Å². The Labute approximate surface area is 246 Å². The molecule has 0 N–H and O–H groups in total. The van der Waals surface area contributed by atoms with E-state index in [1.54, 1.807) is 32.0 Å². The van der Waals surface area contributed by atoms with Crippen molar-refractivity contribution in [3.63, 3.8) is 0 Å². The number of carbonyl (C=O) groups excluding carboxylic acids is 2. The Morgan fingerprint density at radius 3 is 2.09 bits per heavy atom. The maximum atomic E-state index is 13.4. The van der Waals surface area contributed by atoms with E-state index < -0.39 is 23.7 Å². The van der Waals surface area contributed by atoms with Crippen molar-refractivity contribution in [1.29, 1.82) is 0 Å². The number of hydrogen-bond acceptors (Lipinski definition) is 7. The van der Waals surface area contributed by atoms with Crippen LogP contribution in [0.15, 0.2) is 66.7 Å². The fraction of sp³-hybridized carbons (Fsp3) is 0.312. The highest BCUT2D eigenvalue weighted by molar-refractivity contribution is 6.07. The Hall–Kier alpha value is -4.51. The van der Waals surface area contributed by atoms with Crippen LogP contribution < -0.4 is 9.64 Å². The second-order valence-corrected chi connectivity index (χ2v) is 9.78. The smallest absolute Gasteiger partial charge is 0.416 e. The molecule has 3 aromatic carbocycles. The number of esters is 2. The Morgan fingerprint density at radius 2 is 1.47 bits per heavy atom. The molecule has 1 aliphatic rings. The van der Waals surface area contributed by atoms with Crippen LogP contribution in [0.2, 0.25) is 0 Å². The molecule has 43 heavy (non-hydrogen) atoms. The van der Waals surface area contributed by atoms with Crippen LogP contribution in [0, 0.1) is 0 Å². The van der Waals surface area contributed by atoms with Crippen LogP contribution in [-0.4, -0.2) is 56.0 Å². The lowest BCUT2D eigenvalue weighted by atomic mass is 10.1. The Morgan fingerprint density at radius 1 is 0.837 bits per heavy atom. The van der Waals surface area contributed by atoms with Crippen LogP contribution >= 0.6 is 0 Å². The molecular weight excluding hydrogens is 565 g/mol. The summed E-state index contributed by atoms with van der Waals surface area (Å²) in [5.41, 5.74) is 2.13. The van der Waals surface area contributed by atoms with Crippen molar-refractivity contribution in [3.8, 4) is 17.2 Å². The number of hydrogen-bond donors (Lipinski definition) is 0. The lowest BCUT2D eigenvalue weighted by molar-refractivity contribution is -0.142. The Kier molecular flexibility index (Phi) is 8.91. The van der Waals surface area contributed by atoms with Crippen LogP contribution in [0.1, 0.15) is 35.5 Å². The molecule has 0 bridgehead atoms. The molecule has 0 amide bonds. The van der Waals surface area contributed by atoms with E-state index in [1.165, 1.54) is 12.1 Å². The van der Waals surface area contributed by atoms with E-state index in [1.807, 2.05) is 28.8 Å². The standard InChI is InChI=1S/C32H31F3N2O6/c1-3-41-29(38)20-28-30(31(39)42-4-2)26-19-25(43-24-11-5-21(6-12-24)32(33,34)35)13-14-27(26)37(28)23-9-7-22(8-10-23)36-15-17-40-18-16-36/h5-14,19H,3-4,15-18,20H2,1-2H3. The van der Waals surface area contributed by atoms with Gasteiger partial charge in [0.1, 0.15) is 11.5 Å². The summed E-state index contributed by atoms with van der Waals surface area (Å²) in [7, 11) is 0. The number of carbonyl (C=O) groups is 2. The van der Waals surface area contributed by atoms with Gasteiger partial charge in [-0.2, -0.15) is 13.2 Å². The summed E-state index contributed by atoms with van der Waals surface area (Å²) in [4.78, 5) is 28.4. The summed E-state index contributed by atoms with van der Waals surface area (Å²) in [5, 5.41) is 0.458. The molecule has 1 aromatic heterocycles. The van der Waals surface area contributed by atoms with Gasteiger partial charge >= 0.3 is 18.1 Å². The molecular formula is C32H31F3N2O6. The van der Waals surface area contributed by atoms with E-state index >= 15 is 0 Å². The lowest BCUT2D eigenvalue weighted by Gasteiger charge is -2.29. The highest BCUT2D eigenvalue weighted by Crippen LogP contribution is 2.36. The maximum absolute atomic E-state index is 13.4. The van der Waals surface area contributed by atoms with Gasteiger partial charge in [0.15, 0.2) is 0 Å². The highest BCUT2D eigenvalue weighted by atomic mass is 19.4. The van der Waals surface area contributed by atoms with E-state index in [9.17, 15) is 22.8 Å². The van der Waals surface area contributed by atoms with Gasteiger partial charge in [0.05, 0.1) is 49.5 Å². The van der Waals surface area contributed by atoms with Crippen molar-refractivity contribution in [1.82, 2.24) is 4.57 Å². The molecule has 0 atom stereocenters. The summed E-state index contributed by atoms with van der Waals surface area (Å²) in [5.74, 6) is -0.652. The number of alkyl halides is 3. The number of nitrogens with zero attached hydrogens (tertiary/aromatic N) is 2. The fourth-order valence-electron chi connectivity index (χ4n) is 5.11. The molecule has 5 rings (SSSR count). The molecule has 0 aliphatic carbocycles. The minimum absolute atomic E-state index is 0.111. The Balaban J connectivity index is 1.61. The molecule has 4 aromatic rings. The number of anilines is 1.